The zero-order chi connectivity index (χ0) is 20.5. The van der Waals surface area contributed by atoms with Crippen molar-refractivity contribution < 1.29 is 17.9 Å². The van der Waals surface area contributed by atoms with Crippen LogP contribution in [0.15, 0.2) is 59.5 Å². The van der Waals surface area contributed by atoms with E-state index in [1.54, 1.807) is 30.3 Å². The topological polar surface area (TPSA) is 72.5 Å². The predicted molar refractivity (Wildman–Crippen MR) is 120 cm³/mol. The van der Waals surface area contributed by atoms with Crippen molar-refractivity contribution in [2.75, 3.05) is 30.4 Å². The Balaban J connectivity index is 1.35. The predicted octanol–water partition coefficient (Wildman–Crippen LogP) is 3.91. The monoisotopic (exact) mass is 451 g/mol. The molecule has 5 nitrogen and oxygen atoms in total. The summed E-state index contributed by atoms with van der Waals surface area (Å²) < 4.78 is 30.4. The fourth-order valence-corrected chi connectivity index (χ4v) is 7.06. The third kappa shape index (κ3) is 6.97. The Kier molecular flexibility index (Phi) is 8.32. The van der Waals surface area contributed by atoms with Crippen LogP contribution in [0.5, 0.6) is 5.75 Å². The normalized spacial score (nSPS) is 15.0. The highest BCUT2D eigenvalue weighted by Crippen LogP contribution is 2.43. The van der Waals surface area contributed by atoms with Crippen LogP contribution in [0.3, 0.4) is 0 Å². The van der Waals surface area contributed by atoms with Crippen LogP contribution in [-0.2, 0) is 14.6 Å². The standard InChI is InChI=1S/C21H25NO4S3/c23-20(22-12-4-15-29(24,25)19-6-2-1-3-7-19)16-26-18-10-8-17(9-11-18)21-27-13-5-14-28-21/h1-3,6-11,21H,4-5,12-16H2,(H,22,23). The lowest BCUT2D eigenvalue weighted by molar-refractivity contribution is -0.123. The van der Waals surface area contributed by atoms with Gasteiger partial charge in [0, 0.05) is 6.54 Å². The lowest BCUT2D eigenvalue weighted by Crippen LogP contribution is -2.30. The molecule has 156 valence electrons. The average molecular weight is 452 g/mol. The lowest BCUT2D eigenvalue weighted by atomic mass is 10.2. The molecule has 1 saturated heterocycles. The van der Waals surface area contributed by atoms with E-state index in [1.165, 1.54) is 23.5 Å². The number of rotatable bonds is 9. The molecule has 1 aliphatic heterocycles. The van der Waals surface area contributed by atoms with Crippen LogP contribution < -0.4 is 10.1 Å². The van der Waals surface area contributed by atoms with Gasteiger partial charge in [0.05, 0.1) is 15.2 Å². The summed E-state index contributed by atoms with van der Waals surface area (Å²) in [7, 11) is -3.31. The molecular formula is C21H25NO4S3. The zero-order valence-corrected chi connectivity index (χ0v) is 18.5. The molecule has 1 aliphatic rings. The molecule has 1 heterocycles. The first-order valence-electron chi connectivity index (χ1n) is 9.55. The van der Waals surface area contributed by atoms with E-state index in [2.05, 4.69) is 17.4 Å². The van der Waals surface area contributed by atoms with Gasteiger partial charge in [-0.25, -0.2) is 8.42 Å². The van der Waals surface area contributed by atoms with Crippen molar-refractivity contribution in [3.8, 4) is 5.75 Å². The van der Waals surface area contributed by atoms with Crippen molar-refractivity contribution >= 4 is 39.3 Å². The first-order valence-corrected chi connectivity index (χ1v) is 13.3. The van der Waals surface area contributed by atoms with Crippen LogP contribution >= 0.6 is 23.5 Å². The van der Waals surface area contributed by atoms with E-state index in [0.29, 0.717) is 28.2 Å². The van der Waals surface area contributed by atoms with E-state index in [9.17, 15) is 13.2 Å². The van der Waals surface area contributed by atoms with Crippen LogP contribution in [0.2, 0.25) is 0 Å². The van der Waals surface area contributed by atoms with Crippen LogP contribution in [0.1, 0.15) is 23.0 Å². The highest BCUT2D eigenvalue weighted by molar-refractivity contribution is 8.16. The molecule has 1 N–H and O–H groups in total. The second kappa shape index (κ2) is 10.9. The number of carbonyl (C=O) groups excluding carboxylic acids is 1. The Bertz CT molecular complexity index is 880. The smallest absolute Gasteiger partial charge is 0.257 e. The van der Waals surface area contributed by atoms with Gasteiger partial charge in [-0.05, 0) is 54.2 Å². The van der Waals surface area contributed by atoms with Gasteiger partial charge < -0.3 is 10.1 Å². The molecule has 1 amide bonds. The van der Waals surface area contributed by atoms with Gasteiger partial charge in [0.2, 0.25) is 0 Å². The molecule has 0 unspecified atom stereocenters. The van der Waals surface area contributed by atoms with Crippen LogP contribution in [0, 0.1) is 0 Å². The van der Waals surface area contributed by atoms with Gasteiger partial charge >= 0.3 is 0 Å². The quantitative estimate of drug-likeness (QED) is 0.583. The first-order chi connectivity index (χ1) is 14.0. The van der Waals surface area contributed by atoms with Crippen LogP contribution in [-0.4, -0.2) is 44.7 Å². The highest BCUT2D eigenvalue weighted by Gasteiger charge is 2.16. The van der Waals surface area contributed by atoms with Crippen molar-refractivity contribution in [1.82, 2.24) is 5.32 Å². The van der Waals surface area contributed by atoms with Gasteiger partial charge in [0.15, 0.2) is 16.4 Å². The third-order valence-electron chi connectivity index (χ3n) is 4.36. The molecule has 0 aliphatic carbocycles. The summed E-state index contributed by atoms with van der Waals surface area (Å²) in [4.78, 5) is 12.2. The van der Waals surface area contributed by atoms with E-state index in [4.69, 9.17) is 4.74 Å². The van der Waals surface area contributed by atoms with E-state index < -0.39 is 9.84 Å². The molecule has 0 bridgehead atoms. The second-order valence-electron chi connectivity index (χ2n) is 6.62. The molecule has 0 spiro atoms. The molecule has 0 aromatic heterocycles. The van der Waals surface area contributed by atoms with Crippen molar-refractivity contribution in [3.63, 3.8) is 0 Å². The third-order valence-corrected chi connectivity index (χ3v) is 9.20. The Morgan fingerprint density at radius 3 is 2.41 bits per heavy atom. The molecule has 8 heteroatoms. The summed E-state index contributed by atoms with van der Waals surface area (Å²) >= 11 is 3.93. The maximum absolute atomic E-state index is 12.2. The van der Waals surface area contributed by atoms with Gasteiger partial charge in [-0.1, -0.05) is 30.3 Å². The molecule has 2 aromatic carbocycles. The SMILES string of the molecule is O=C(COc1ccc(C2SCCCS2)cc1)NCCCS(=O)(=O)c1ccccc1. The number of sulfone groups is 1. The summed E-state index contributed by atoms with van der Waals surface area (Å²) in [5.74, 6) is 2.79. The molecule has 1 fully saturated rings. The number of benzene rings is 2. The lowest BCUT2D eigenvalue weighted by Gasteiger charge is -2.21. The summed E-state index contributed by atoms with van der Waals surface area (Å²) in [6.45, 7) is 0.209. The van der Waals surface area contributed by atoms with Gasteiger partial charge in [-0.2, -0.15) is 0 Å². The number of ether oxygens (including phenoxy) is 1. The number of hydrogen-bond donors (Lipinski definition) is 1. The minimum Gasteiger partial charge on any atom is -0.484 e. The van der Waals surface area contributed by atoms with E-state index in [-0.39, 0.29) is 18.3 Å². The van der Waals surface area contributed by atoms with Crippen molar-refractivity contribution in [2.45, 2.75) is 22.3 Å². The number of hydrogen-bond acceptors (Lipinski definition) is 6. The number of carbonyl (C=O) groups is 1. The molecular weight excluding hydrogens is 426 g/mol. The minimum absolute atomic E-state index is 0.00317. The van der Waals surface area contributed by atoms with E-state index in [1.807, 2.05) is 35.7 Å². The second-order valence-corrected chi connectivity index (χ2v) is 11.5. The van der Waals surface area contributed by atoms with Gasteiger partial charge in [-0.15, -0.1) is 23.5 Å². The summed E-state index contributed by atoms with van der Waals surface area (Å²) in [5, 5.41) is 2.70. The van der Waals surface area contributed by atoms with Crippen LogP contribution in [0.25, 0.3) is 0 Å². The molecule has 0 atom stereocenters. The number of amides is 1. The average Bonchev–Trinajstić information content (AvgIpc) is 2.77. The molecule has 0 radical (unpaired) electrons. The zero-order valence-electron chi connectivity index (χ0n) is 16.1. The first kappa shape index (κ1) is 22.1. The summed E-state index contributed by atoms with van der Waals surface area (Å²) in [6.07, 6.45) is 1.62. The summed E-state index contributed by atoms with van der Waals surface area (Å²) in [6, 6.07) is 16.2. The Morgan fingerprint density at radius 1 is 1.03 bits per heavy atom. The van der Waals surface area contributed by atoms with Gasteiger partial charge in [0.25, 0.3) is 5.91 Å². The van der Waals surface area contributed by atoms with Crippen molar-refractivity contribution in [1.29, 1.82) is 0 Å². The summed E-state index contributed by atoms with van der Waals surface area (Å²) in [5.41, 5.74) is 1.27. The Labute approximate surface area is 180 Å². The largest absolute Gasteiger partial charge is 0.484 e. The minimum atomic E-state index is -3.31. The maximum atomic E-state index is 12.2. The van der Waals surface area contributed by atoms with Crippen LogP contribution in [0.4, 0.5) is 0 Å². The molecule has 2 aromatic rings. The number of nitrogens with one attached hydrogen (secondary N) is 1. The Morgan fingerprint density at radius 2 is 1.72 bits per heavy atom. The Hall–Kier alpha value is -1.64. The van der Waals surface area contributed by atoms with E-state index >= 15 is 0 Å². The van der Waals surface area contributed by atoms with E-state index in [0.717, 1.165) is 0 Å². The van der Waals surface area contributed by atoms with Gasteiger partial charge in [-0.3, -0.25) is 4.79 Å². The van der Waals surface area contributed by atoms with Crippen molar-refractivity contribution in [2.24, 2.45) is 0 Å². The molecule has 0 saturated carbocycles. The van der Waals surface area contributed by atoms with Crippen molar-refractivity contribution in [3.05, 3.63) is 60.2 Å². The molecule has 3 rings (SSSR count). The highest BCUT2D eigenvalue weighted by atomic mass is 32.2. The number of thioether (sulfide) groups is 2. The van der Waals surface area contributed by atoms with Gasteiger partial charge in [0.1, 0.15) is 5.75 Å². The molecule has 29 heavy (non-hydrogen) atoms. The maximum Gasteiger partial charge on any atom is 0.257 e. The fourth-order valence-electron chi connectivity index (χ4n) is 2.84. The fraction of sp³-hybridized carbons (Fsp3) is 0.381.